The van der Waals surface area contributed by atoms with Crippen LogP contribution in [0.15, 0.2) is 48.5 Å². The number of benzene rings is 2. The maximum absolute atomic E-state index is 13.0. The molecule has 0 heterocycles. The summed E-state index contributed by atoms with van der Waals surface area (Å²) in [5, 5.41) is 21.3. The van der Waals surface area contributed by atoms with E-state index in [2.05, 4.69) is 26.6 Å². The predicted molar refractivity (Wildman–Crippen MR) is 155 cm³/mol. The molecular formula is C30H39N5O7. The lowest BCUT2D eigenvalue weighted by Crippen LogP contribution is -2.59. The monoisotopic (exact) mass is 581 g/mol. The smallest absolute Gasteiger partial charge is 0.407 e. The average Bonchev–Trinajstić information content (AvgIpc) is 3.25. The molecule has 3 atom stereocenters. The molecule has 12 heteroatoms. The second kappa shape index (κ2) is 14.3. The minimum Gasteiger partial charge on any atom is -0.480 e. The number of ether oxygens (including phenoxy) is 1. The number of alkyl carbamates (subject to hydrolysis) is 1. The Balaban J connectivity index is 1.53. The average molecular weight is 582 g/mol. The van der Waals surface area contributed by atoms with Crippen molar-refractivity contribution in [1.29, 1.82) is 0 Å². The van der Waals surface area contributed by atoms with E-state index < -0.39 is 54.7 Å². The largest absolute Gasteiger partial charge is 0.480 e. The number of fused-ring (bicyclic) bond motifs is 3. The number of carboxylic acid groups (broad SMARTS) is 1. The Hall–Kier alpha value is -4.61. The molecule has 12 nitrogen and oxygen atoms in total. The van der Waals surface area contributed by atoms with E-state index in [-0.39, 0.29) is 24.4 Å². The Labute approximate surface area is 245 Å². The highest BCUT2D eigenvalue weighted by atomic mass is 16.5. The van der Waals surface area contributed by atoms with Crippen molar-refractivity contribution in [1.82, 2.24) is 26.6 Å². The van der Waals surface area contributed by atoms with Crippen LogP contribution in [0.2, 0.25) is 0 Å². The van der Waals surface area contributed by atoms with E-state index >= 15 is 0 Å². The predicted octanol–water partition coefficient (Wildman–Crippen LogP) is 2.54. The van der Waals surface area contributed by atoms with Crippen LogP contribution in [0.5, 0.6) is 0 Å². The van der Waals surface area contributed by atoms with Crippen molar-refractivity contribution in [3.63, 3.8) is 0 Å². The normalized spacial score (nSPS) is 14.2. The van der Waals surface area contributed by atoms with Crippen molar-refractivity contribution in [3.05, 3.63) is 59.7 Å². The van der Waals surface area contributed by atoms with Gasteiger partial charge in [-0.15, -0.1) is 0 Å². The van der Waals surface area contributed by atoms with Crippen molar-refractivity contribution in [2.24, 2.45) is 11.8 Å². The number of rotatable bonds is 12. The summed E-state index contributed by atoms with van der Waals surface area (Å²) in [7, 11) is 0. The van der Waals surface area contributed by atoms with Gasteiger partial charge >= 0.3 is 18.1 Å². The minimum atomic E-state index is -1.21. The second-order valence-electron chi connectivity index (χ2n) is 10.9. The number of amides is 5. The Morgan fingerprint density at radius 2 is 1.26 bits per heavy atom. The second-order valence-corrected chi connectivity index (χ2v) is 10.9. The molecule has 0 aromatic heterocycles. The molecule has 42 heavy (non-hydrogen) atoms. The molecule has 2 aromatic rings. The molecular weight excluding hydrogens is 542 g/mol. The molecule has 0 saturated carbocycles. The third kappa shape index (κ3) is 8.21. The third-order valence-electron chi connectivity index (χ3n) is 6.92. The van der Waals surface area contributed by atoms with Crippen LogP contribution >= 0.6 is 0 Å². The lowest BCUT2D eigenvalue weighted by molar-refractivity contribution is -0.138. The fraction of sp³-hybridized carbons (Fsp3) is 0.433. The van der Waals surface area contributed by atoms with Crippen molar-refractivity contribution in [2.45, 2.75) is 58.8 Å². The number of hydrogen-bond acceptors (Lipinski definition) is 6. The van der Waals surface area contributed by atoms with Gasteiger partial charge in [-0.1, -0.05) is 76.2 Å². The first-order chi connectivity index (χ1) is 19.9. The van der Waals surface area contributed by atoms with Gasteiger partial charge in [0, 0.05) is 5.92 Å². The van der Waals surface area contributed by atoms with Crippen molar-refractivity contribution < 1.29 is 33.8 Å². The highest BCUT2D eigenvalue weighted by molar-refractivity contribution is 5.90. The molecule has 226 valence electrons. The van der Waals surface area contributed by atoms with Crippen molar-refractivity contribution >= 4 is 29.9 Å². The van der Waals surface area contributed by atoms with Gasteiger partial charge in [-0.3, -0.25) is 14.4 Å². The van der Waals surface area contributed by atoms with Crippen molar-refractivity contribution in [3.8, 4) is 11.1 Å². The number of hydrogen-bond donors (Lipinski definition) is 6. The summed E-state index contributed by atoms with van der Waals surface area (Å²) in [5.74, 6) is -3.15. The van der Waals surface area contributed by atoms with Crippen LogP contribution < -0.4 is 26.6 Å². The zero-order valence-electron chi connectivity index (χ0n) is 24.4. The fourth-order valence-corrected chi connectivity index (χ4v) is 4.83. The van der Waals surface area contributed by atoms with Crippen molar-refractivity contribution in [2.75, 3.05) is 13.2 Å². The fourth-order valence-electron chi connectivity index (χ4n) is 4.83. The zero-order valence-corrected chi connectivity index (χ0v) is 24.4. The lowest BCUT2D eigenvalue weighted by atomic mass is 9.98. The summed E-state index contributed by atoms with van der Waals surface area (Å²) in [4.78, 5) is 61.3. The molecule has 6 N–H and O–H groups in total. The summed E-state index contributed by atoms with van der Waals surface area (Å²) in [6.07, 6.45) is -1.60. The van der Waals surface area contributed by atoms with E-state index in [0.29, 0.717) is 0 Å². The van der Waals surface area contributed by atoms with Crippen LogP contribution in [0.1, 0.15) is 51.7 Å². The molecule has 0 aliphatic heterocycles. The maximum atomic E-state index is 13.0. The van der Waals surface area contributed by atoms with Crippen LogP contribution in [0, 0.1) is 11.8 Å². The van der Waals surface area contributed by atoms with Crippen LogP contribution in [-0.2, 0) is 19.1 Å². The Kier molecular flexibility index (Phi) is 10.9. The summed E-state index contributed by atoms with van der Waals surface area (Å²) in [6, 6.07) is 13.3. The Bertz CT molecular complexity index is 1270. The van der Waals surface area contributed by atoms with Crippen LogP contribution in [-0.4, -0.2) is 66.4 Å². The first kappa shape index (κ1) is 31.9. The van der Waals surface area contributed by atoms with E-state index in [0.717, 1.165) is 22.3 Å². The molecule has 5 amide bonds. The summed E-state index contributed by atoms with van der Waals surface area (Å²) in [5.41, 5.74) is 4.35. The number of nitrogens with one attached hydrogen (secondary N) is 5. The quantitative estimate of drug-likeness (QED) is 0.209. The van der Waals surface area contributed by atoms with E-state index in [1.165, 1.54) is 6.92 Å². The molecule has 0 unspecified atom stereocenters. The van der Waals surface area contributed by atoms with Gasteiger partial charge in [-0.25, -0.2) is 9.59 Å². The third-order valence-corrected chi connectivity index (χ3v) is 6.92. The maximum Gasteiger partial charge on any atom is 0.407 e. The Morgan fingerprint density at radius 3 is 1.79 bits per heavy atom. The summed E-state index contributed by atoms with van der Waals surface area (Å²) in [6.45, 7) is 7.96. The van der Waals surface area contributed by atoms with Gasteiger partial charge in [0.15, 0.2) is 0 Å². The molecule has 0 saturated heterocycles. The van der Waals surface area contributed by atoms with Gasteiger partial charge in [0.05, 0.1) is 0 Å². The summed E-state index contributed by atoms with van der Waals surface area (Å²) >= 11 is 0. The number of carbonyl (C=O) groups is 5. The van der Waals surface area contributed by atoms with Crippen LogP contribution in [0.4, 0.5) is 9.59 Å². The van der Waals surface area contributed by atoms with Crippen LogP contribution in [0.25, 0.3) is 11.1 Å². The molecule has 0 fully saturated rings. The molecule has 0 bridgehead atoms. The SMILES string of the molecule is CC(C)[C@H](NC(=O)N[C@H](C)NC(=O)[C@@H](NC(=O)OCC1c2ccccc2-c2ccccc21)C(C)C)C(=O)NCC(=O)O. The van der Waals surface area contributed by atoms with Gasteiger partial charge in [0.1, 0.15) is 31.4 Å². The lowest BCUT2D eigenvalue weighted by Gasteiger charge is -2.26. The molecule has 1 aliphatic rings. The number of carbonyl (C=O) groups excluding carboxylic acids is 4. The number of urea groups is 1. The summed E-state index contributed by atoms with van der Waals surface area (Å²) < 4.78 is 5.58. The van der Waals surface area contributed by atoms with Gasteiger partial charge in [0.25, 0.3) is 0 Å². The molecule has 1 aliphatic carbocycles. The standard InChI is InChI=1S/C30H39N5O7/c1-16(2)25(27(38)31-14-24(36)37)34-29(40)33-18(5)32-28(39)26(17(3)4)35-30(41)42-15-23-21-12-8-6-10-19(21)20-11-7-9-13-22(20)23/h6-13,16-18,23,25-26H,14-15H2,1-5H3,(H,31,38)(H,32,39)(H,35,41)(H,36,37)(H2,33,34,40)/t18-,25+,26+/m1/s1. The zero-order chi connectivity index (χ0) is 31.0. The van der Waals surface area contributed by atoms with E-state index in [9.17, 15) is 24.0 Å². The minimum absolute atomic E-state index is 0.0987. The molecule has 0 spiro atoms. The highest BCUT2D eigenvalue weighted by Gasteiger charge is 2.31. The Morgan fingerprint density at radius 1 is 0.738 bits per heavy atom. The number of carboxylic acids is 1. The molecule has 2 aromatic carbocycles. The van der Waals surface area contributed by atoms with Gasteiger partial charge < -0.3 is 36.4 Å². The highest BCUT2D eigenvalue weighted by Crippen LogP contribution is 2.44. The van der Waals surface area contributed by atoms with E-state index in [1.807, 2.05) is 48.5 Å². The molecule has 0 radical (unpaired) electrons. The first-order valence-corrected chi connectivity index (χ1v) is 13.9. The van der Waals surface area contributed by atoms with Gasteiger partial charge in [-0.05, 0) is 41.0 Å². The molecule has 3 rings (SSSR count). The number of aliphatic carboxylic acids is 1. The van der Waals surface area contributed by atoms with Crippen LogP contribution in [0.3, 0.4) is 0 Å². The first-order valence-electron chi connectivity index (χ1n) is 13.9. The van der Waals surface area contributed by atoms with Gasteiger partial charge in [-0.2, -0.15) is 0 Å². The van der Waals surface area contributed by atoms with E-state index in [1.54, 1.807) is 27.7 Å². The topological polar surface area (TPSA) is 175 Å². The van der Waals surface area contributed by atoms with Gasteiger partial charge in [0.2, 0.25) is 11.8 Å². The van der Waals surface area contributed by atoms with E-state index in [4.69, 9.17) is 9.84 Å².